The molecule has 0 bridgehead atoms. The van der Waals surface area contributed by atoms with Crippen molar-refractivity contribution in [2.24, 2.45) is 5.92 Å². The SMILES string of the molecule is CC[C@@H]1C[C@H]1NC(=O)NCc1ccc(C(=O)N2CCNC(=O)C2)cc1. The molecule has 0 radical (unpaired) electrons. The molecule has 1 aromatic carbocycles. The van der Waals surface area contributed by atoms with Gasteiger partial charge < -0.3 is 20.9 Å². The molecule has 0 spiro atoms. The number of carbonyl (C=O) groups is 3. The van der Waals surface area contributed by atoms with Gasteiger partial charge in [0, 0.05) is 31.2 Å². The highest BCUT2D eigenvalue weighted by molar-refractivity contribution is 5.97. The Bertz CT molecular complexity index is 659. The number of nitrogens with one attached hydrogen (secondary N) is 3. The molecular weight excluding hydrogens is 320 g/mol. The highest BCUT2D eigenvalue weighted by Crippen LogP contribution is 2.32. The minimum absolute atomic E-state index is 0.0994. The fourth-order valence-corrected chi connectivity index (χ4v) is 3.04. The van der Waals surface area contributed by atoms with Crippen molar-refractivity contribution in [3.63, 3.8) is 0 Å². The maximum Gasteiger partial charge on any atom is 0.315 e. The van der Waals surface area contributed by atoms with Crippen LogP contribution in [-0.4, -0.2) is 48.4 Å². The predicted molar refractivity (Wildman–Crippen MR) is 92.9 cm³/mol. The summed E-state index contributed by atoms with van der Waals surface area (Å²) >= 11 is 0. The summed E-state index contributed by atoms with van der Waals surface area (Å²) in [6, 6.07) is 7.27. The van der Waals surface area contributed by atoms with Crippen LogP contribution in [0.5, 0.6) is 0 Å². The highest BCUT2D eigenvalue weighted by Gasteiger charge is 2.36. The molecule has 7 nitrogen and oxygen atoms in total. The van der Waals surface area contributed by atoms with Crippen molar-refractivity contribution in [3.05, 3.63) is 35.4 Å². The Labute approximate surface area is 147 Å². The summed E-state index contributed by atoms with van der Waals surface area (Å²) in [6.07, 6.45) is 2.16. The van der Waals surface area contributed by atoms with E-state index in [2.05, 4.69) is 22.9 Å². The van der Waals surface area contributed by atoms with Crippen LogP contribution in [0.25, 0.3) is 0 Å². The summed E-state index contributed by atoms with van der Waals surface area (Å²) in [6.45, 7) is 3.65. The van der Waals surface area contributed by atoms with Gasteiger partial charge in [0.1, 0.15) is 0 Å². The van der Waals surface area contributed by atoms with E-state index in [1.807, 2.05) is 12.1 Å². The van der Waals surface area contributed by atoms with E-state index in [1.165, 1.54) is 0 Å². The van der Waals surface area contributed by atoms with E-state index in [4.69, 9.17) is 0 Å². The Kier molecular flexibility index (Phi) is 5.21. The first-order valence-corrected chi connectivity index (χ1v) is 8.76. The van der Waals surface area contributed by atoms with Gasteiger partial charge in [-0.05, 0) is 30.0 Å². The monoisotopic (exact) mass is 344 g/mol. The van der Waals surface area contributed by atoms with Gasteiger partial charge in [0.15, 0.2) is 0 Å². The number of nitrogens with zero attached hydrogens (tertiary/aromatic N) is 1. The summed E-state index contributed by atoms with van der Waals surface area (Å²) in [5.74, 6) is 0.340. The Morgan fingerprint density at radius 2 is 2.04 bits per heavy atom. The van der Waals surface area contributed by atoms with Gasteiger partial charge in [-0.25, -0.2) is 4.79 Å². The molecule has 3 rings (SSSR count). The summed E-state index contributed by atoms with van der Waals surface area (Å²) < 4.78 is 0. The molecule has 4 amide bonds. The standard InChI is InChI=1S/C18H24N4O3/c1-2-13-9-15(13)21-18(25)20-10-12-3-5-14(6-4-12)17(24)22-8-7-19-16(23)11-22/h3-6,13,15H,2,7-11H2,1H3,(H,19,23)(H2,20,21,25)/t13-,15-/m1/s1. The van der Waals surface area contributed by atoms with Gasteiger partial charge in [-0.3, -0.25) is 9.59 Å². The molecular formula is C18H24N4O3. The molecule has 1 saturated heterocycles. The third kappa shape index (κ3) is 4.49. The highest BCUT2D eigenvalue weighted by atomic mass is 16.2. The van der Waals surface area contributed by atoms with Crippen LogP contribution < -0.4 is 16.0 Å². The van der Waals surface area contributed by atoms with Crippen molar-refractivity contribution in [2.75, 3.05) is 19.6 Å². The average molecular weight is 344 g/mol. The predicted octanol–water partition coefficient (Wildman–Crippen LogP) is 0.856. The van der Waals surface area contributed by atoms with E-state index < -0.39 is 0 Å². The zero-order valence-corrected chi connectivity index (χ0v) is 14.4. The van der Waals surface area contributed by atoms with Crippen molar-refractivity contribution < 1.29 is 14.4 Å². The smallest absolute Gasteiger partial charge is 0.315 e. The van der Waals surface area contributed by atoms with Crippen LogP contribution >= 0.6 is 0 Å². The molecule has 3 N–H and O–H groups in total. The third-order valence-electron chi connectivity index (χ3n) is 4.74. The zero-order valence-electron chi connectivity index (χ0n) is 14.4. The lowest BCUT2D eigenvalue weighted by atomic mass is 10.1. The lowest BCUT2D eigenvalue weighted by molar-refractivity contribution is -0.123. The van der Waals surface area contributed by atoms with E-state index in [9.17, 15) is 14.4 Å². The number of amides is 4. The number of urea groups is 1. The molecule has 25 heavy (non-hydrogen) atoms. The first-order valence-electron chi connectivity index (χ1n) is 8.76. The molecule has 1 aliphatic carbocycles. The molecule has 1 aromatic rings. The molecule has 0 aromatic heterocycles. The molecule has 2 aliphatic rings. The molecule has 1 heterocycles. The largest absolute Gasteiger partial charge is 0.353 e. The van der Waals surface area contributed by atoms with Gasteiger partial charge in [0.05, 0.1) is 6.54 Å². The second kappa shape index (κ2) is 7.55. The van der Waals surface area contributed by atoms with E-state index >= 15 is 0 Å². The second-order valence-electron chi connectivity index (χ2n) is 6.61. The van der Waals surface area contributed by atoms with E-state index in [1.54, 1.807) is 17.0 Å². The van der Waals surface area contributed by atoms with Gasteiger partial charge in [-0.2, -0.15) is 0 Å². The van der Waals surface area contributed by atoms with Crippen molar-refractivity contribution in [3.8, 4) is 0 Å². The van der Waals surface area contributed by atoms with E-state index in [0.717, 1.165) is 18.4 Å². The molecule has 2 atom stereocenters. The van der Waals surface area contributed by atoms with Gasteiger partial charge in [0.25, 0.3) is 5.91 Å². The van der Waals surface area contributed by atoms with Gasteiger partial charge in [-0.15, -0.1) is 0 Å². The maximum atomic E-state index is 12.4. The van der Waals surface area contributed by atoms with E-state index in [0.29, 0.717) is 37.2 Å². The summed E-state index contributed by atoms with van der Waals surface area (Å²) in [5.41, 5.74) is 1.47. The Morgan fingerprint density at radius 3 is 2.68 bits per heavy atom. The molecule has 2 fully saturated rings. The van der Waals surface area contributed by atoms with Crippen LogP contribution in [0.1, 0.15) is 35.7 Å². The Balaban J connectivity index is 1.47. The van der Waals surface area contributed by atoms with Crippen LogP contribution in [-0.2, 0) is 11.3 Å². The molecule has 7 heteroatoms. The maximum absolute atomic E-state index is 12.4. The zero-order chi connectivity index (χ0) is 17.8. The average Bonchev–Trinajstić information content (AvgIpc) is 3.38. The van der Waals surface area contributed by atoms with Gasteiger partial charge in [0.2, 0.25) is 5.91 Å². The number of hydrogen-bond donors (Lipinski definition) is 3. The van der Waals surface area contributed by atoms with Crippen molar-refractivity contribution in [2.45, 2.75) is 32.4 Å². The lowest BCUT2D eigenvalue weighted by Gasteiger charge is -2.26. The number of piperazine rings is 1. The van der Waals surface area contributed by atoms with Crippen LogP contribution in [0.2, 0.25) is 0 Å². The second-order valence-corrected chi connectivity index (χ2v) is 6.61. The number of carbonyl (C=O) groups excluding carboxylic acids is 3. The molecule has 1 aliphatic heterocycles. The summed E-state index contributed by atoms with van der Waals surface area (Å²) in [4.78, 5) is 37.1. The van der Waals surface area contributed by atoms with Crippen LogP contribution in [0.3, 0.4) is 0 Å². The Morgan fingerprint density at radius 1 is 1.28 bits per heavy atom. The molecule has 134 valence electrons. The number of rotatable bonds is 5. The van der Waals surface area contributed by atoms with Gasteiger partial charge in [-0.1, -0.05) is 25.5 Å². The van der Waals surface area contributed by atoms with Crippen LogP contribution in [0.15, 0.2) is 24.3 Å². The van der Waals surface area contributed by atoms with Crippen LogP contribution in [0, 0.1) is 5.92 Å². The molecule has 1 saturated carbocycles. The number of hydrogen-bond acceptors (Lipinski definition) is 3. The first kappa shape index (κ1) is 17.3. The van der Waals surface area contributed by atoms with Crippen LogP contribution in [0.4, 0.5) is 4.79 Å². The Hall–Kier alpha value is -2.57. The fraction of sp³-hybridized carbons (Fsp3) is 0.500. The fourth-order valence-electron chi connectivity index (χ4n) is 3.04. The lowest BCUT2D eigenvalue weighted by Crippen LogP contribution is -2.49. The molecule has 0 unspecified atom stereocenters. The normalized spacial score (nSPS) is 22.1. The summed E-state index contributed by atoms with van der Waals surface area (Å²) in [7, 11) is 0. The van der Waals surface area contributed by atoms with E-state index in [-0.39, 0.29) is 24.4 Å². The van der Waals surface area contributed by atoms with Gasteiger partial charge >= 0.3 is 6.03 Å². The minimum Gasteiger partial charge on any atom is -0.353 e. The number of benzene rings is 1. The topological polar surface area (TPSA) is 90.5 Å². The minimum atomic E-state index is -0.152. The van der Waals surface area contributed by atoms with Crippen molar-refractivity contribution in [1.82, 2.24) is 20.9 Å². The summed E-state index contributed by atoms with van der Waals surface area (Å²) in [5, 5.41) is 8.49. The third-order valence-corrected chi connectivity index (χ3v) is 4.74. The van der Waals surface area contributed by atoms with Crippen molar-refractivity contribution >= 4 is 17.8 Å². The van der Waals surface area contributed by atoms with Crippen molar-refractivity contribution in [1.29, 1.82) is 0 Å². The first-order chi connectivity index (χ1) is 12.1. The quantitative estimate of drug-likeness (QED) is 0.740.